The van der Waals surface area contributed by atoms with Gasteiger partial charge in [-0.1, -0.05) is 6.07 Å². The van der Waals surface area contributed by atoms with Gasteiger partial charge in [0.25, 0.3) is 0 Å². The summed E-state index contributed by atoms with van der Waals surface area (Å²) < 4.78 is 7.17. The third kappa shape index (κ3) is 3.57. The van der Waals surface area contributed by atoms with Crippen molar-refractivity contribution in [3.05, 3.63) is 23.7 Å². The van der Waals surface area contributed by atoms with E-state index >= 15 is 0 Å². The van der Waals surface area contributed by atoms with Gasteiger partial charge in [-0.2, -0.15) is 4.52 Å². The Morgan fingerprint density at radius 3 is 2.67 bits per heavy atom. The Morgan fingerprint density at radius 2 is 2.00 bits per heavy atom. The van der Waals surface area contributed by atoms with Crippen molar-refractivity contribution in [3.63, 3.8) is 0 Å². The van der Waals surface area contributed by atoms with Crippen LogP contribution in [-0.4, -0.2) is 67.8 Å². The van der Waals surface area contributed by atoms with Crippen molar-refractivity contribution < 1.29 is 9.53 Å². The van der Waals surface area contributed by atoms with Crippen LogP contribution in [0.25, 0.3) is 16.2 Å². The van der Waals surface area contributed by atoms with E-state index in [1.54, 1.807) is 26.9 Å². The number of piperazine rings is 1. The summed E-state index contributed by atoms with van der Waals surface area (Å²) in [5, 5.41) is 14.1. The lowest BCUT2D eigenvalue weighted by Gasteiger charge is -2.36. The third-order valence-corrected chi connectivity index (χ3v) is 5.10. The lowest BCUT2D eigenvalue weighted by molar-refractivity contribution is 0.0240. The Morgan fingerprint density at radius 1 is 1.22 bits per heavy atom. The maximum Gasteiger partial charge on any atom is 0.410 e. The van der Waals surface area contributed by atoms with Gasteiger partial charge in [-0.3, -0.25) is 0 Å². The molecule has 0 saturated carbocycles. The molecule has 0 aromatic carbocycles. The van der Waals surface area contributed by atoms with Gasteiger partial charge in [0.05, 0.1) is 11.1 Å². The van der Waals surface area contributed by atoms with Crippen LogP contribution in [-0.2, 0) is 4.74 Å². The topological polar surface area (TPSA) is 88.8 Å². The van der Waals surface area contributed by atoms with E-state index in [0.29, 0.717) is 31.8 Å². The van der Waals surface area contributed by atoms with E-state index in [4.69, 9.17) is 4.74 Å². The summed E-state index contributed by atoms with van der Waals surface area (Å²) >= 11 is 1.62. The second kappa shape index (κ2) is 6.76. The second-order valence-electron chi connectivity index (χ2n) is 7.31. The number of fused-ring (bicyclic) bond motifs is 1. The normalized spacial score (nSPS) is 15.4. The molecule has 142 valence electrons. The zero-order valence-electron chi connectivity index (χ0n) is 15.5. The van der Waals surface area contributed by atoms with Crippen LogP contribution in [0, 0.1) is 0 Å². The maximum atomic E-state index is 12.2. The molecule has 27 heavy (non-hydrogen) atoms. The van der Waals surface area contributed by atoms with Crippen LogP contribution in [0.4, 0.5) is 10.6 Å². The Bertz CT molecular complexity index is 940. The minimum atomic E-state index is -0.493. The molecule has 1 amide bonds. The van der Waals surface area contributed by atoms with Gasteiger partial charge in [0.15, 0.2) is 5.82 Å². The number of carbonyl (C=O) groups excluding carboxylic acids is 1. The number of anilines is 1. The zero-order valence-corrected chi connectivity index (χ0v) is 16.3. The molecule has 3 aromatic heterocycles. The van der Waals surface area contributed by atoms with E-state index in [2.05, 4.69) is 25.4 Å². The van der Waals surface area contributed by atoms with Crippen molar-refractivity contribution in [1.82, 2.24) is 29.9 Å². The largest absolute Gasteiger partial charge is 0.444 e. The fourth-order valence-corrected chi connectivity index (χ4v) is 3.69. The molecule has 1 fully saturated rings. The van der Waals surface area contributed by atoms with Gasteiger partial charge < -0.3 is 14.5 Å². The fourth-order valence-electron chi connectivity index (χ4n) is 2.97. The molecule has 0 N–H and O–H groups in total. The average Bonchev–Trinajstić information content (AvgIpc) is 3.31. The standard InChI is InChI=1S/C17H21N7O2S/c1-17(2,3)26-16(25)23-8-6-22(7-9-23)14-15-19-20-21-24(15)12(11-18-14)13-5-4-10-27-13/h4-5,10-11H,6-9H2,1-3H3. The van der Waals surface area contributed by atoms with E-state index in [1.165, 1.54) is 0 Å². The number of hydrogen-bond donors (Lipinski definition) is 0. The van der Waals surface area contributed by atoms with Crippen LogP contribution in [0.2, 0.25) is 0 Å². The molecule has 1 saturated heterocycles. The Balaban J connectivity index is 1.53. The average molecular weight is 387 g/mol. The van der Waals surface area contributed by atoms with E-state index < -0.39 is 5.60 Å². The number of tetrazole rings is 1. The van der Waals surface area contributed by atoms with Crippen molar-refractivity contribution in [1.29, 1.82) is 0 Å². The SMILES string of the molecule is CC(C)(C)OC(=O)N1CCN(c2ncc(-c3cccs3)n3nnnc23)CC1. The maximum absolute atomic E-state index is 12.2. The van der Waals surface area contributed by atoms with Gasteiger partial charge >= 0.3 is 6.09 Å². The van der Waals surface area contributed by atoms with Gasteiger partial charge in [0.1, 0.15) is 11.3 Å². The predicted molar refractivity (Wildman–Crippen MR) is 102 cm³/mol. The van der Waals surface area contributed by atoms with E-state index in [0.717, 1.165) is 16.4 Å². The van der Waals surface area contributed by atoms with Gasteiger partial charge in [-0.25, -0.2) is 9.78 Å². The summed E-state index contributed by atoms with van der Waals surface area (Å²) in [6.07, 6.45) is 1.52. The number of amides is 1. The number of rotatable bonds is 2. The Labute approximate surface area is 160 Å². The minimum absolute atomic E-state index is 0.280. The summed E-state index contributed by atoms with van der Waals surface area (Å²) in [5.41, 5.74) is 0.986. The van der Waals surface area contributed by atoms with Crippen molar-refractivity contribution >= 4 is 28.9 Å². The Hall–Kier alpha value is -2.75. The number of thiophene rings is 1. The van der Waals surface area contributed by atoms with Gasteiger partial charge in [-0.15, -0.1) is 16.4 Å². The van der Waals surface area contributed by atoms with Gasteiger partial charge in [0, 0.05) is 26.2 Å². The van der Waals surface area contributed by atoms with E-state index in [1.807, 2.05) is 38.3 Å². The van der Waals surface area contributed by atoms with Crippen molar-refractivity contribution in [2.45, 2.75) is 26.4 Å². The first kappa shape index (κ1) is 17.7. The van der Waals surface area contributed by atoms with Gasteiger partial charge in [0.2, 0.25) is 5.65 Å². The summed E-state index contributed by atoms with van der Waals surface area (Å²) in [6.45, 7) is 8.04. The van der Waals surface area contributed by atoms with Crippen molar-refractivity contribution in [2.24, 2.45) is 0 Å². The molecule has 4 rings (SSSR count). The zero-order chi connectivity index (χ0) is 19.0. The molecule has 9 nitrogen and oxygen atoms in total. The molecule has 0 radical (unpaired) electrons. The molecule has 1 aliphatic rings. The molecular formula is C17H21N7O2S. The smallest absolute Gasteiger partial charge is 0.410 e. The minimum Gasteiger partial charge on any atom is -0.444 e. The number of carbonyl (C=O) groups is 1. The third-order valence-electron chi connectivity index (χ3n) is 4.21. The number of aromatic nitrogens is 5. The molecule has 0 unspecified atom stereocenters. The predicted octanol–water partition coefficient (Wildman–Crippen LogP) is 2.30. The first-order chi connectivity index (χ1) is 12.9. The molecule has 10 heteroatoms. The first-order valence-corrected chi connectivity index (χ1v) is 9.64. The van der Waals surface area contributed by atoms with Crippen molar-refractivity contribution in [2.75, 3.05) is 31.1 Å². The number of hydrogen-bond acceptors (Lipinski definition) is 8. The molecular weight excluding hydrogens is 366 g/mol. The Kier molecular flexibility index (Phi) is 4.42. The van der Waals surface area contributed by atoms with Crippen LogP contribution >= 0.6 is 11.3 Å². The first-order valence-electron chi connectivity index (χ1n) is 8.76. The highest BCUT2D eigenvalue weighted by Gasteiger charge is 2.28. The highest BCUT2D eigenvalue weighted by atomic mass is 32.1. The lowest BCUT2D eigenvalue weighted by Crippen LogP contribution is -2.50. The fraction of sp³-hybridized carbons (Fsp3) is 0.471. The van der Waals surface area contributed by atoms with Crippen LogP contribution in [0.1, 0.15) is 20.8 Å². The van der Waals surface area contributed by atoms with Crippen LogP contribution in [0.3, 0.4) is 0 Å². The summed E-state index contributed by atoms with van der Waals surface area (Å²) in [6, 6.07) is 4.00. The van der Waals surface area contributed by atoms with Crippen LogP contribution in [0.5, 0.6) is 0 Å². The summed E-state index contributed by atoms with van der Waals surface area (Å²) in [7, 11) is 0. The number of ether oxygens (including phenoxy) is 1. The van der Waals surface area contributed by atoms with E-state index in [9.17, 15) is 4.79 Å². The monoisotopic (exact) mass is 387 g/mol. The summed E-state index contributed by atoms with van der Waals surface area (Å²) in [4.78, 5) is 21.7. The molecule has 0 spiro atoms. The molecule has 3 aromatic rings. The molecule has 0 atom stereocenters. The second-order valence-corrected chi connectivity index (χ2v) is 8.26. The molecule has 0 aliphatic carbocycles. The van der Waals surface area contributed by atoms with Crippen molar-refractivity contribution in [3.8, 4) is 10.6 Å². The van der Waals surface area contributed by atoms with Gasteiger partial charge in [-0.05, 0) is 42.6 Å². The van der Waals surface area contributed by atoms with Crippen LogP contribution in [0.15, 0.2) is 23.7 Å². The number of nitrogens with zero attached hydrogens (tertiary/aromatic N) is 7. The van der Waals surface area contributed by atoms with Crippen LogP contribution < -0.4 is 4.90 Å². The molecule has 4 heterocycles. The molecule has 0 bridgehead atoms. The summed E-state index contributed by atoms with van der Waals surface area (Å²) in [5.74, 6) is 0.726. The quantitative estimate of drug-likeness (QED) is 0.666. The highest BCUT2D eigenvalue weighted by molar-refractivity contribution is 7.13. The highest BCUT2D eigenvalue weighted by Crippen LogP contribution is 2.27. The lowest BCUT2D eigenvalue weighted by atomic mass is 10.2. The van der Waals surface area contributed by atoms with E-state index in [-0.39, 0.29) is 6.09 Å². The molecule has 1 aliphatic heterocycles.